The van der Waals surface area contributed by atoms with Crippen molar-refractivity contribution >= 4 is 23.7 Å². The van der Waals surface area contributed by atoms with E-state index in [-0.39, 0.29) is 19.5 Å². The number of carboxylic acids is 1. The van der Waals surface area contributed by atoms with Crippen LogP contribution in [0.1, 0.15) is 38.5 Å². The number of aliphatic carboxylic acids is 1. The summed E-state index contributed by atoms with van der Waals surface area (Å²) < 4.78 is 0. The number of hydrogen-bond donors (Lipinski definition) is 2. The van der Waals surface area contributed by atoms with Gasteiger partial charge >= 0.3 is 5.97 Å². The SMILES string of the molecule is O=C1CN(C(=O)CC2(C(=O)O)CCCCC2)CC(=O)N1. The van der Waals surface area contributed by atoms with Crippen LogP contribution >= 0.6 is 0 Å². The quantitative estimate of drug-likeness (QED) is 0.703. The Labute approximate surface area is 116 Å². The number of hydrogen-bond acceptors (Lipinski definition) is 4. The number of carbonyl (C=O) groups excluding carboxylic acids is 3. The summed E-state index contributed by atoms with van der Waals surface area (Å²) in [5.74, 6) is -2.44. The van der Waals surface area contributed by atoms with Crippen LogP contribution in [0.3, 0.4) is 0 Å². The molecule has 0 bridgehead atoms. The summed E-state index contributed by atoms with van der Waals surface area (Å²) in [6.07, 6.45) is 3.37. The first kappa shape index (κ1) is 14.5. The molecule has 110 valence electrons. The maximum Gasteiger partial charge on any atom is 0.310 e. The summed E-state index contributed by atoms with van der Waals surface area (Å²) >= 11 is 0. The van der Waals surface area contributed by atoms with E-state index in [0.29, 0.717) is 12.8 Å². The van der Waals surface area contributed by atoms with E-state index in [1.165, 1.54) is 0 Å². The van der Waals surface area contributed by atoms with Crippen LogP contribution in [-0.2, 0) is 19.2 Å². The summed E-state index contributed by atoms with van der Waals surface area (Å²) in [5.41, 5.74) is -1.04. The van der Waals surface area contributed by atoms with E-state index in [1.807, 2.05) is 0 Å². The predicted octanol–water partition coefficient (Wildman–Crippen LogP) is -0.103. The predicted molar refractivity (Wildman–Crippen MR) is 67.5 cm³/mol. The van der Waals surface area contributed by atoms with Crippen LogP contribution in [0.2, 0.25) is 0 Å². The average molecular weight is 282 g/mol. The van der Waals surface area contributed by atoms with Crippen molar-refractivity contribution in [3.63, 3.8) is 0 Å². The van der Waals surface area contributed by atoms with Crippen molar-refractivity contribution in [2.45, 2.75) is 38.5 Å². The molecule has 0 aromatic heterocycles. The van der Waals surface area contributed by atoms with Gasteiger partial charge in [-0.15, -0.1) is 0 Å². The van der Waals surface area contributed by atoms with Crippen molar-refractivity contribution < 1.29 is 24.3 Å². The molecule has 1 aliphatic carbocycles. The van der Waals surface area contributed by atoms with E-state index in [4.69, 9.17) is 0 Å². The molecule has 3 amide bonds. The Morgan fingerprint density at radius 2 is 1.65 bits per heavy atom. The Bertz CT molecular complexity index is 438. The molecule has 2 N–H and O–H groups in total. The Balaban J connectivity index is 2.06. The second-order valence-corrected chi connectivity index (χ2v) is 5.54. The van der Waals surface area contributed by atoms with Crippen molar-refractivity contribution in [2.75, 3.05) is 13.1 Å². The molecule has 1 aliphatic heterocycles. The van der Waals surface area contributed by atoms with E-state index >= 15 is 0 Å². The third-order valence-electron chi connectivity index (χ3n) is 4.05. The third-order valence-corrected chi connectivity index (χ3v) is 4.05. The van der Waals surface area contributed by atoms with Gasteiger partial charge in [0.1, 0.15) is 13.1 Å². The third kappa shape index (κ3) is 2.97. The molecular weight excluding hydrogens is 264 g/mol. The lowest BCUT2D eigenvalue weighted by Crippen LogP contribution is -2.54. The number of nitrogens with zero attached hydrogens (tertiary/aromatic N) is 1. The molecule has 7 heteroatoms. The van der Waals surface area contributed by atoms with Crippen molar-refractivity contribution in [1.29, 1.82) is 0 Å². The van der Waals surface area contributed by atoms with Gasteiger partial charge in [-0.3, -0.25) is 24.5 Å². The highest BCUT2D eigenvalue weighted by Gasteiger charge is 2.43. The van der Waals surface area contributed by atoms with Crippen LogP contribution in [0.15, 0.2) is 0 Å². The monoisotopic (exact) mass is 282 g/mol. The van der Waals surface area contributed by atoms with E-state index in [0.717, 1.165) is 24.2 Å². The molecule has 2 aliphatic rings. The fourth-order valence-corrected chi connectivity index (χ4v) is 2.91. The summed E-state index contributed by atoms with van der Waals surface area (Å²) in [6, 6.07) is 0. The second-order valence-electron chi connectivity index (χ2n) is 5.54. The highest BCUT2D eigenvalue weighted by molar-refractivity contribution is 6.02. The molecule has 2 fully saturated rings. The summed E-state index contributed by atoms with van der Waals surface area (Å²) in [5, 5.41) is 11.5. The van der Waals surface area contributed by atoms with Crippen LogP contribution in [0.5, 0.6) is 0 Å². The molecule has 0 aromatic carbocycles. The van der Waals surface area contributed by atoms with Gasteiger partial charge in [-0.05, 0) is 12.8 Å². The van der Waals surface area contributed by atoms with Gasteiger partial charge in [-0.2, -0.15) is 0 Å². The molecule has 0 atom stereocenters. The summed E-state index contributed by atoms with van der Waals surface area (Å²) in [7, 11) is 0. The lowest BCUT2D eigenvalue weighted by atomic mass is 9.71. The lowest BCUT2D eigenvalue weighted by Gasteiger charge is -2.35. The molecule has 2 rings (SSSR count). The Morgan fingerprint density at radius 3 is 2.15 bits per heavy atom. The largest absolute Gasteiger partial charge is 0.481 e. The zero-order valence-electron chi connectivity index (χ0n) is 11.2. The number of piperazine rings is 1. The van der Waals surface area contributed by atoms with Gasteiger partial charge in [-0.25, -0.2) is 0 Å². The minimum atomic E-state index is -1.04. The normalized spacial score (nSPS) is 22.3. The fraction of sp³-hybridized carbons (Fsp3) is 0.692. The first-order chi connectivity index (χ1) is 9.43. The first-order valence-corrected chi connectivity index (χ1v) is 6.77. The van der Waals surface area contributed by atoms with Crippen LogP contribution in [0.4, 0.5) is 0 Å². The molecule has 1 saturated heterocycles. The fourth-order valence-electron chi connectivity index (χ4n) is 2.91. The second kappa shape index (κ2) is 5.60. The van der Waals surface area contributed by atoms with Crippen molar-refractivity contribution in [2.24, 2.45) is 5.41 Å². The summed E-state index contributed by atoms with van der Waals surface area (Å²) in [4.78, 5) is 47.3. The molecule has 7 nitrogen and oxygen atoms in total. The zero-order valence-corrected chi connectivity index (χ0v) is 11.2. The Morgan fingerprint density at radius 1 is 1.10 bits per heavy atom. The molecule has 0 radical (unpaired) electrons. The van der Waals surface area contributed by atoms with Gasteiger partial charge in [0.2, 0.25) is 17.7 Å². The Hall–Kier alpha value is -1.92. The minimum Gasteiger partial charge on any atom is -0.481 e. The van der Waals surface area contributed by atoms with Gasteiger partial charge in [0, 0.05) is 6.42 Å². The van der Waals surface area contributed by atoms with Gasteiger partial charge in [0.25, 0.3) is 0 Å². The van der Waals surface area contributed by atoms with Crippen LogP contribution in [0, 0.1) is 5.41 Å². The first-order valence-electron chi connectivity index (χ1n) is 6.77. The van der Waals surface area contributed by atoms with Crippen LogP contribution < -0.4 is 5.32 Å². The molecular formula is C13H18N2O5. The van der Waals surface area contributed by atoms with Gasteiger partial charge < -0.3 is 10.0 Å². The molecule has 0 unspecified atom stereocenters. The smallest absolute Gasteiger partial charge is 0.310 e. The standard InChI is InChI=1S/C13H18N2O5/c16-9-7-15(8-10(17)14-9)11(18)6-13(12(19)20)4-2-1-3-5-13/h1-8H2,(H,19,20)(H,14,16,17). The topological polar surface area (TPSA) is 104 Å². The maximum atomic E-state index is 12.2. The molecule has 1 saturated carbocycles. The molecule has 0 spiro atoms. The van der Waals surface area contributed by atoms with E-state index in [2.05, 4.69) is 5.32 Å². The minimum absolute atomic E-state index is 0.136. The van der Waals surface area contributed by atoms with Crippen LogP contribution in [0.25, 0.3) is 0 Å². The highest BCUT2D eigenvalue weighted by atomic mass is 16.4. The summed E-state index contributed by atoms with van der Waals surface area (Å²) in [6.45, 7) is -0.361. The number of imide groups is 1. The van der Waals surface area contributed by atoms with E-state index in [1.54, 1.807) is 0 Å². The molecule has 20 heavy (non-hydrogen) atoms. The van der Waals surface area contributed by atoms with Crippen LogP contribution in [-0.4, -0.2) is 46.8 Å². The lowest BCUT2D eigenvalue weighted by molar-refractivity contribution is -0.157. The highest BCUT2D eigenvalue weighted by Crippen LogP contribution is 2.40. The number of carbonyl (C=O) groups is 4. The van der Waals surface area contributed by atoms with Crippen molar-refractivity contribution in [3.05, 3.63) is 0 Å². The zero-order chi connectivity index (χ0) is 14.8. The number of amides is 3. The van der Waals surface area contributed by atoms with E-state index < -0.39 is 29.1 Å². The number of carboxylic acid groups (broad SMARTS) is 1. The molecule has 0 aromatic rings. The van der Waals surface area contributed by atoms with Gasteiger partial charge in [0.15, 0.2) is 0 Å². The number of nitrogens with one attached hydrogen (secondary N) is 1. The number of rotatable bonds is 3. The van der Waals surface area contributed by atoms with Crippen molar-refractivity contribution in [1.82, 2.24) is 10.2 Å². The van der Waals surface area contributed by atoms with Gasteiger partial charge in [-0.1, -0.05) is 19.3 Å². The van der Waals surface area contributed by atoms with Crippen molar-refractivity contribution in [3.8, 4) is 0 Å². The van der Waals surface area contributed by atoms with E-state index in [9.17, 15) is 24.3 Å². The Kier molecular flexibility index (Phi) is 4.06. The maximum absolute atomic E-state index is 12.2. The average Bonchev–Trinajstić information content (AvgIpc) is 2.38. The van der Waals surface area contributed by atoms with Gasteiger partial charge in [0.05, 0.1) is 5.41 Å². The molecule has 1 heterocycles.